The van der Waals surface area contributed by atoms with Crippen LogP contribution in [-0.4, -0.2) is 24.8 Å². The summed E-state index contributed by atoms with van der Waals surface area (Å²) in [5, 5.41) is 1.98. The first-order chi connectivity index (χ1) is 4.85. The van der Waals surface area contributed by atoms with Crippen molar-refractivity contribution in [1.82, 2.24) is 5.06 Å². The molecule has 10 heavy (non-hydrogen) atoms. The molecule has 0 fully saturated rings. The lowest BCUT2D eigenvalue weighted by Gasteiger charge is -2.17. The fourth-order valence-electron chi connectivity index (χ4n) is 0.744. The fourth-order valence-corrected chi connectivity index (χ4v) is 0.744. The molecule has 0 spiro atoms. The molecule has 0 unspecified atom stereocenters. The Hall–Kier alpha value is -0.0800. The Morgan fingerprint density at radius 1 is 1.10 bits per heavy atom. The van der Waals surface area contributed by atoms with Gasteiger partial charge >= 0.3 is 0 Å². The van der Waals surface area contributed by atoms with Gasteiger partial charge in [0, 0.05) is 13.1 Å². The molecule has 0 rings (SSSR count). The quantitative estimate of drug-likeness (QED) is 0.419. The summed E-state index contributed by atoms with van der Waals surface area (Å²) in [6.45, 7) is 9.23. The van der Waals surface area contributed by atoms with Crippen molar-refractivity contribution in [3.05, 3.63) is 0 Å². The first-order valence-corrected chi connectivity index (χ1v) is 4.23. The van der Waals surface area contributed by atoms with Gasteiger partial charge in [-0.25, -0.2) is 0 Å². The molecule has 0 radical (unpaired) electrons. The summed E-state index contributed by atoms with van der Waals surface area (Å²) in [5.74, 6) is 0. The van der Waals surface area contributed by atoms with Crippen LogP contribution in [-0.2, 0) is 4.84 Å². The van der Waals surface area contributed by atoms with E-state index in [-0.39, 0.29) is 0 Å². The number of nitrogens with zero attached hydrogens (tertiary/aromatic N) is 1. The topological polar surface area (TPSA) is 12.5 Å². The monoisotopic (exact) mass is 145 g/mol. The van der Waals surface area contributed by atoms with Crippen LogP contribution in [0.4, 0.5) is 0 Å². The zero-order valence-electron chi connectivity index (χ0n) is 7.39. The normalized spacial score (nSPS) is 10.8. The molecule has 0 saturated heterocycles. The Balaban J connectivity index is 3.09. The Morgan fingerprint density at radius 3 is 2.10 bits per heavy atom. The zero-order valence-corrected chi connectivity index (χ0v) is 7.39. The predicted octanol–water partition coefficient (Wildman–Crippen LogP) is 2.06. The summed E-state index contributed by atoms with van der Waals surface area (Å²) >= 11 is 0. The van der Waals surface area contributed by atoms with Crippen molar-refractivity contribution < 1.29 is 4.84 Å². The van der Waals surface area contributed by atoms with E-state index in [2.05, 4.69) is 20.8 Å². The second-order valence-electron chi connectivity index (χ2n) is 2.30. The molecule has 0 aromatic carbocycles. The van der Waals surface area contributed by atoms with Gasteiger partial charge in [-0.05, 0) is 6.42 Å². The van der Waals surface area contributed by atoms with Crippen LogP contribution >= 0.6 is 0 Å². The van der Waals surface area contributed by atoms with E-state index >= 15 is 0 Å². The molecule has 0 saturated carbocycles. The number of hydrogen-bond acceptors (Lipinski definition) is 2. The molecule has 0 aliphatic heterocycles. The summed E-state index contributed by atoms with van der Waals surface area (Å²) in [7, 11) is 0. The molecule has 2 heteroatoms. The molecule has 62 valence electrons. The third-order valence-corrected chi connectivity index (χ3v) is 1.48. The summed E-state index contributed by atoms with van der Waals surface area (Å²) in [4.78, 5) is 5.41. The van der Waals surface area contributed by atoms with Crippen LogP contribution in [0.1, 0.15) is 33.6 Å². The van der Waals surface area contributed by atoms with Gasteiger partial charge in [0.2, 0.25) is 0 Å². The molecular weight excluding hydrogens is 126 g/mol. The van der Waals surface area contributed by atoms with Crippen LogP contribution in [0.5, 0.6) is 0 Å². The molecular formula is C8H19NO. The summed E-state index contributed by atoms with van der Waals surface area (Å²) in [5.41, 5.74) is 0. The Kier molecular flexibility index (Phi) is 6.98. The average molecular weight is 145 g/mol. The molecule has 2 nitrogen and oxygen atoms in total. The average Bonchev–Trinajstić information content (AvgIpc) is 1.99. The van der Waals surface area contributed by atoms with Crippen molar-refractivity contribution >= 4 is 0 Å². The molecule has 0 bridgehead atoms. The maximum absolute atomic E-state index is 5.41. The molecule has 0 atom stereocenters. The van der Waals surface area contributed by atoms with Crippen LogP contribution in [0.2, 0.25) is 0 Å². The largest absolute Gasteiger partial charge is 0.299 e. The van der Waals surface area contributed by atoms with Crippen molar-refractivity contribution in [2.75, 3.05) is 19.7 Å². The van der Waals surface area contributed by atoms with Gasteiger partial charge in [0.1, 0.15) is 0 Å². The number of unbranched alkanes of at least 4 members (excludes halogenated alkanes) is 1. The molecule has 0 aliphatic rings. The van der Waals surface area contributed by atoms with E-state index in [4.69, 9.17) is 4.84 Å². The third-order valence-electron chi connectivity index (χ3n) is 1.48. The van der Waals surface area contributed by atoms with Crippen LogP contribution < -0.4 is 0 Å². The van der Waals surface area contributed by atoms with E-state index in [0.29, 0.717) is 0 Å². The van der Waals surface area contributed by atoms with E-state index in [0.717, 1.165) is 26.1 Å². The van der Waals surface area contributed by atoms with Crippen molar-refractivity contribution in [2.45, 2.75) is 33.6 Å². The van der Waals surface area contributed by atoms with Crippen molar-refractivity contribution in [1.29, 1.82) is 0 Å². The van der Waals surface area contributed by atoms with E-state index in [1.54, 1.807) is 0 Å². The van der Waals surface area contributed by atoms with Gasteiger partial charge in [0.05, 0.1) is 6.61 Å². The molecule has 0 heterocycles. The maximum atomic E-state index is 5.41. The standard InChI is InChI=1S/C8H19NO/c1-4-7-8-10-9(5-2)6-3/h4-8H2,1-3H3. The Labute approximate surface area is 64.1 Å². The molecule has 0 N–H and O–H groups in total. The van der Waals surface area contributed by atoms with E-state index in [1.165, 1.54) is 6.42 Å². The van der Waals surface area contributed by atoms with Gasteiger partial charge in [-0.3, -0.25) is 4.84 Å². The lowest BCUT2D eigenvalue weighted by atomic mass is 10.4. The minimum atomic E-state index is 0.873. The van der Waals surface area contributed by atoms with Crippen LogP contribution in [0.3, 0.4) is 0 Å². The van der Waals surface area contributed by atoms with Gasteiger partial charge in [0.15, 0.2) is 0 Å². The van der Waals surface area contributed by atoms with E-state index in [1.807, 2.05) is 5.06 Å². The second-order valence-corrected chi connectivity index (χ2v) is 2.30. The summed E-state index contributed by atoms with van der Waals surface area (Å²) < 4.78 is 0. The van der Waals surface area contributed by atoms with Crippen LogP contribution in [0.25, 0.3) is 0 Å². The van der Waals surface area contributed by atoms with Gasteiger partial charge < -0.3 is 0 Å². The lowest BCUT2D eigenvalue weighted by molar-refractivity contribution is -0.153. The van der Waals surface area contributed by atoms with Crippen molar-refractivity contribution in [3.8, 4) is 0 Å². The first-order valence-electron chi connectivity index (χ1n) is 4.23. The maximum Gasteiger partial charge on any atom is 0.0685 e. The van der Waals surface area contributed by atoms with Gasteiger partial charge in [-0.2, -0.15) is 5.06 Å². The minimum absolute atomic E-state index is 0.873. The number of hydrogen-bond donors (Lipinski definition) is 0. The highest BCUT2D eigenvalue weighted by Gasteiger charge is 1.95. The fraction of sp³-hybridized carbons (Fsp3) is 1.00. The molecule has 0 aromatic heterocycles. The highest BCUT2D eigenvalue weighted by Crippen LogP contribution is 1.92. The number of rotatable bonds is 6. The molecule has 0 amide bonds. The first kappa shape index (κ1) is 9.92. The Morgan fingerprint density at radius 2 is 1.70 bits per heavy atom. The predicted molar refractivity (Wildman–Crippen MR) is 43.8 cm³/mol. The van der Waals surface area contributed by atoms with Gasteiger partial charge in [-0.1, -0.05) is 27.2 Å². The highest BCUT2D eigenvalue weighted by molar-refractivity contribution is 4.35. The second kappa shape index (κ2) is 7.03. The van der Waals surface area contributed by atoms with E-state index < -0.39 is 0 Å². The van der Waals surface area contributed by atoms with Gasteiger partial charge in [-0.15, -0.1) is 0 Å². The van der Waals surface area contributed by atoms with Crippen molar-refractivity contribution in [2.24, 2.45) is 0 Å². The summed E-state index contributed by atoms with van der Waals surface area (Å²) in [6, 6.07) is 0. The minimum Gasteiger partial charge on any atom is -0.299 e. The highest BCUT2D eigenvalue weighted by atomic mass is 16.7. The molecule has 0 aromatic rings. The third kappa shape index (κ3) is 4.77. The van der Waals surface area contributed by atoms with Crippen molar-refractivity contribution in [3.63, 3.8) is 0 Å². The Bertz CT molecular complexity index is 62.3. The molecule has 0 aliphatic carbocycles. The smallest absolute Gasteiger partial charge is 0.0685 e. The SMILES string of the molecule is CCCCON(CC)CC. The van der Waals surface area contributed by atoms with E-state index in [9.17, 15) is 0 Å². The van der Waals surface area contributed by atoms with Crippen LogP contribution in [0.15, 0.2) is 0 Å². The summed E-state index contributed by atoms with van der Waals surface area (Å²) in [6.07, 6.45) is 2.37. The lowest BCUT2D eigenvalue weighted by Crippen LogP contribution is -2.23. The zero-order chi connectivity index (χ0) is 7.82. The number of hydroxylamine groups is 2. The van der Waals surface area contributed by atoms with Gasteiger partial charge in [0.25, 0.3) is 0 Å². The van der Waals surface area contributed by atoms with Crippen LogP contribution in [0, 0.1) is 0 Å².